The van der Waals surface area contributed by atoms with Gasteiger partial charge in [0.05, 0.1) is 0 Å². The third-order valence-electron chi connectivity index (χ3n) is 4.71. The molecule has 138 valence electrons. The summed E-state index contributed by atoms with van der Waals surface area (Å²) in [4.78, 5) is 2.42. The molecule has 0 aliphatic carbocycles. The van der Waals surface area contributed by atoms with Crippen molar-refractivity contribution in [3.05, 3.63) is 88.9 Å². The Bertz CT molecular complexity index is 898. The van der Waals surface area contributed by atoms with Gasteiger partial charge in [0.2, 0.25) is 0 Å². The minimum Gasteiger partial charge on any atom is -0.488 e. The van der Waals surface area contributed by atoms with E-state index in [1.807, 2.05) is 36.4 Å². The fourth-order valence-corrected chi connectivity index (χ4v) is 3.44. The Hall–Kier alpha value is -2.49. The monoisotopic (exact) mass is 379 g/mol. The number of rotatable bonds is 2. The smallest absolute Gasteiger partial charge is 0.169 e. The van der Waals surface area contributed by atoms with Crippen LogP contribution in [0.3, 0.4) is 0 Å². The zero-order valence-electron chi connectivity index (χ0n) is 15.1. The van der Waals surface area contributed by atoms with Gasteiger partial charge < -0.3 is 9.47 Å². The van der Waals surface area contributed by atoms with Crippen molar-refractivity contribution in [2.24, 2.45) is 0 Å². The van der Waals surface area contributed by atoms with E-state index in [0.717, 1.165) is 31.8 Å². The molecule has 0 saturated heterocycles. The van der Waals surface area contributed by atoms with Crippen molar-refractivity contribution in [3.63, 3.8) is 0 Å². The fraction of sp³-hybridized carbons (Fsp3) is 0.217. The highest BCUT2D eigenvalue weighted by Crippen LogP contribution is 2.35. The topological polar surface area (TPSA) is 21.7 Å². The largest absolute Gasteiger partial charge is 0.488 e. The fourth-order valence-electron chi connectivity index (χ4n) is 3.28. The molecule has 0 bridgehead atoms. The Balaban J connectivity index is 1.62. The summed E-state index contributed by atoms with van der Waals surface area (Å²) in [6.45, 7) is 3.26. The van der Waals surface area contributed by atoms with Gasteiger partial charge in [-0.25, -0.2) is 0 Å². The maximum Gasteiger partial charge on any atom is 0.169 e. The Kier molecular flexibility index (Phi) is 5.61. The molecule has 1 heterocycles. The van der Waals surface area contributed by atoms with Crippen LogP contribution in [-0.4, -0.2) is 24.6 Å². The van der Waals surface area contributed by atoms with E-state index in [1.54, 1.807) is 0 Å². The first-order chi connectivity index (χ1) is 13.3. The Labute approximate surface area is 165 Å². The van der Waals surface area contributed by atoms with Crippen LogP contribution in [0.25, 0.3) is 0 Å². The predicted octanol–water partition coefficient (Wildman–Crippen LogP) is 5.57. The highest BCUT2D eigenvalue weighted by atomic mass is 35.5. The van der Waals surface area contributed by atoms with Crippen LogP contribution >= 0.6 is 11.6 Å². The number of hydrogen-bond donors (Lipinski definition) is 0. The lowest BCUT2D eigenvalue weighted by Gasteiger charge is -2.22. The van der Waals surface area contributed by atoms with Gasteiger partial charge in [0.15, 0.2) is 11.5 Å². The van der Waals surface area contributed by atoms with Crippen molar-refractivity contribution >= 4 is 11.6 Å². The molecular formula is C23H22ClNO2. The minimum absolute atomic E-state index is 0.583. The van der Waals surface area contributed by atoms with Gasteiger partial charge in [-0.1, -0.05) is 60.1 Å². The Morgan fingerprint density at radius 2 is 1.63 bits per heavy atom. The number of para-hydroxylation sites is 1. The summed E-state index contributed by atoms with van der Waals surface area (Å²) >= 11 is 6.17. The number of fused-ring (bicyclic) bond motifs is 2. The second kappa shape index (κ2) is 8.47. The quantitative estimate of drug-likeness (QED) is 0.581. The zero-order valence-corrected chi connectivity index (χ0v) is 15.9. The van der Waals surface area contributed by atoms with Crippen LogP contribution in [0.15, 0.2) is 72.8 Å². The molecule has 3 nitrogen and oxygen atoms in total. The maximum absolute atomic E-state index is 6.18. The molecule has 0 N–H and O–H groups in total. The van der Waals surface area contributed by atoms with E-state index in [1.165, 1.54) is 11.1 Å². The lowest BCUT2D eigenvalue weighted by Crippen LogP contribution is -2.30. The molecule has 27 heavy (non-hydrogen) atoms. The zero-order chi connectivity index (χ0) is 18.5. The molecule has 0 saturated carbocycles. The van der Waals surface area contributed by atoms with Crippen LogP contribution in [0, 0.1) is 0 Å². The molecular weight excluding hydrogens is 358 g/mol. The number of ether oxygens (including phenoxy) is 2. The Morgan fingerprint density at radius 1 is 0.815 bits per heavy atom. The van der Waals surface area contributed by atoms with Crippen LogP contribution in [0.1, 0.15) is 11.1 Å². The van der Waals surface area contributed by atoms with Gasteiger partial charge in [-0.2, -0.15) is 0 Å². The molecule has 1 aliphatic heterocycles. The van der Waals surface area contributed by atoms with Gasteiger partial charge in [0.1, 0.15) is 12.4 Å². The first-order valence-electron chi connectivity index (χ1n) is 9.22. The van der Waals surface area contributed by atoms with E-state index in [2.05, 4.69) is 41.3 Å². The molecule has 0 aromatic heterocycles. The van der Waals surface area contributed by atoms with Crippen LogP contribution in [0.4, 0.5) is 0 Å². The molecule has 0 spiro atoms. The summed E-state index contributed by atoms with van der Waals surface area (Å²) in [5.74, 6) is 2.24. The molecule has 4 rings (SSSR count). The summed E-state index contributed by atoms with van der Waals surface area (Å²) in [5.41, 5.74) is 2.50. The SMILES string of the molecule is Clc1ccc2c(c1)OCCN(Cc1ccccc1)CCc1ccccc1O2. The highest BCUT2D eigenvalue weighted by Gasteiger charge is 2.15. The van der Waals surface area contributed by atoms with E-state index in [9.17, 15) is 0 Å². The molecule has 0 unspecified atom stereocenters. The summed E-state index contributed by atoms with van der Waals surface area (Å²) in [6.07, 6.45) is 0.923. The van der Waals surface area contributed by atoms with Crippen molar-refractivity contribution in [1.82, 2.24) is 4.90 Å². The lowest BCUT2D eigenvalue weighted by atomic mass is 10.1. The van der Waals surface area contributed by atoms with Crippen LogP contribution in [0.2, 0.25) is 5.02 Å². The summed E-state index contributed by atoms with van der Waals surface area (Å²) in [7, 11) is 0. The number of halogens is 1. The average Bonchev–Trinajstić information content (AvgIpc) is 2.72. The maximum atomic E-state index is 6.18. The molecule has 4 heteroatoms. The average molecular weight is 380 g/mol. The van der Waals surface area contributed by atoms with E-state index >= 15 is 0 Å². The van der Waals surface area contributed by atoms with Gasteiger partial charge in [-0.15, -0.1) is 0 Å². The Morgan fingerprint density at radius 3 is 2.52 bits per heavy atom. The molecule has 0 atom stereocenters. The van der Waals surface area contributed by atoms with Crippen molar-refractivity contribution < 1.29 is 9.47 Å². The molecule has 0 fully saturated rings. The number of benzene rings is 3. The van der Waals surface area contributed by atoms with Crippen molar-refractivity contribution in [3.8, 4) is 17.2 Å². The second-order valence-corrected chi connectivity index (χ2v) is 7.10. The number of hydrogen-bond acceptors (Lipinski definition) is 3. The molecule has 3 aromatic rings. The first-order valence-corrected chi connectivity index (χ1v) is 9.60. The standard InChI is InChI=1S/C23H22ClNO2/c24-20-10-11-22-23(16-20)26-15-14-25(17-18-6-2-1-3-7-18)13-12-19-8-4-5-9-21(19)27-22/h1-11,16H,12-15,17H2. The van der Waals surface area contributed by atoms with Crippen molar-refractivity contribution in [2.45, 2.75) is 13.0 Å². The first kappa shape index (κ1) is 17.9. The van der Waals surface area contributed by atoms with Crippen molar-refractivity contribution in [2.75, 3.05) is 19.7 Å². The number of nitrogens with zero attached hydrogens (tertiary/aromatic N) is 1. The molecule has 0 amide bonds. The minimum atomic E-state index is 0.583. The van der Waals surface area contributed by atoms with Gasteiger partial charge >= 0.3 is 0 Å². The summed E-state index contributed by atoms with van der Waals surface area (Å²) in [6, 6.07) is 24.3. The third-order valence-corrected chi connectivity index (χ3v) is 4.94. The van der Waals surface area contributed by atoms with E-state index in [0.29, 0.717) is 23.1 Å². The molecule has 3 aromatic carbocycles. The van der Waals surface area contributed by atoms with E-state index in [-0.39, 0.29) is 0 Å². The lowest BCUT2D eigenvalue weighted by molar-refractivity contribution is 0.203. The van der Waals surface area contributed by atoms with E-state index in [4.69, 9.17) is 21.1 Å². The summed E-state index contributed by atoms with van der Waals surface area (Å²) < 4.78 is 12.2. The van der Waals surface area contributed by atoms with Crippen LogP contribution in [-0.2, 0) is 13.0 Å². The summed E-state index contributed by atoms with van der Waals surface area (Å²) in [5, 5.41) is 0.640. The van der Waals surface area contributed by atoms with Gasteiger partial charge in [-0.05, 0) is 35.7 Å². The second-order valence-electron chi connectivity index (χ2n) is 6.66. The van der Waals surface area contributed by atoms with Gasteiger partial charge in [0.25, 0.3) is 0 Å². The van der Waals surface area contributed by atoms with Crippen LogP contribution < -0.4 is 9.47 Å². The van der Waals surface area contributed by atoms with E-state index < -0.39 is 0 Å². The highest BCUT2D eigenvalue weighted by molar-refractivity contribution is 6.30. The van der Waals surface area contributed by atoms with Gasteiger partial charge in [-0.3, -0.25) is 4.90 Å². The van der Waals surface area contributed by atoms with Gasteiger partial charge in [0, 0.05) is 30.7 Å². The van der Waals surface area contributed by atoms with Crippen molar-refractivity contribution in [1.29, 1.82) is 0 Å². The third kappa shape index (κ3) is 4.62. The molecule has 1 aliphatic rings. The predicted molar refractivity (Wildman–Crippen MR) is 109 cm³/mol. The normalized spacial score (nSPS) is 14.9. The van der Waals surface area contributed by atoms with Crippen LogP contribution in [0.5, 0.6) is 17.2 Å². The molecule has 0 radical (unpaired) electrons.